The Morgan fingerprint density at radius 2 is 2.03 bits per heavy atom. The van der Waals surface area contributed by atoms with Gasteiger partial charge < -0.3 is 5.11 Å². The maximum absolute atomic E-state index is 12.8. The van der Waals surface area contributed by atoms with Crippen LogP contribution in [-0.4, -0.2) is 25.3 Å². The van der Waals surface area contributed by atoms with Gasteiger partial charge in [0.15, 0.2) is 0 Å². The molecule has 0 saturated heterocycles. The quantitative estimate of drug-likeness (QED) is 0.411. The summed E-state index contributed by atoms with van der Waals surface area (Å²) in [5, 5.41) is 21.9. The fraction of sp³-hybridized carbons (Fsp3) is 0.261. The average Bonchev–Trinajstić information content (AvgIpc) is 2.98. The monoisotopic (exact) mass is 466 g/mol. The maximum Gasteiger partial charge on any atom is 0.331 e. The van der Waals surface area contributed by atoms with Crippen LogP contribution in [0.5, 0.6) is 5.88 Å². The number of rotatable bonds is 6. The molecule has 0 saturated carbocycles. The van der Waals surface area contributed by atoms with Gasteiger partial charge in [-0.3, -0.25) is 29.5 Å². The third kappa shape index (κ3) is 4.61. The normalized spacial score (nSPS) is 15.4. The minimum absolute atomic E-state index is 0.0297. The summed E-state index contributed by atoms with van der Waals surface area (Å²) < 4.78 is 1.15. The van der Waals surface area contributed by atoms with E-state index in [2.05, 4.69) is 9.98 Å². The van der Waals surface area contributed by atoms with Crippen LogP contribution in [0.1, 0.15) is 42.6 Å². The van der Waals surface area contributed by atoms with Crippen molar-refractivity contribution in [3.05, 3.63) is 90.6 Å². The molecule has 0 fully saturated rings. The second-order valence-corrected chi connectivity index (χ2v) is 8.90. The van der Waals surface area contributed by atoms with Gasteiger partial charge in [-0.05, 0) is 24.1 Å². The predicted octanol–water partition coefficient (Wildman–Crippen LogP) is 4.31. The summed E-state index contributed by atoms with van der Waals surface area (Å²) in [7, 11) is 0. The van der Waals surface area contributed by atoms with Gasteiger partial charge in [0.2, 0.25) is 5.88 Å². The van der Waals surface area contributed by atoms with Gasteiger partial charge in [0.25, 0.3) is 11.2 Å². The molecule has 33 heavy (non-hydrogen) atoms. The number of hydrogen-bond donors (Lipinski definition) is 2. The fourth-order valence-corrected chi connectivity index (χ4v) is 4.96. The highest BCUT2D eigenvalue weighted by atomic mass is 32.2. The lowest BCUT2D eigenvalue weighted by Crippen LogP contribution is -2.34. The van der Waals surface area contributed by atoms with Crippen LogP contribution < -0.4 is 11.2 Å². The molecule has 4 rings (SSSR count). The SMILES string of the molecule is CCCCn1c(O)c(C2=Nc3ccccc3SC(c3cccc([N+](=O)[O-])c3)C2)c(=O)[nH]c1=O. The summed E-state index contributed by atoms with van der Waals surface area (Å²) in [6.45, 7) is 2.22. The van der Waals surface area contributed by atoms with E-state index in [-0.39, 0.29) is 29.5 Å². The molecule has 1 atom stereocenters. The van der Waals surface area contributed by atoms with Crippen LogP contribution >= 0.6 is 11.8 Å². The zero-order valence-corrected chi connectivity index (χ0v) is 18.7. The first-order chi connectivity index (χ1) is 15.9. The number of nitrogens with one attached hydrogen (secondary N) is 1. The van der Waals surface area contributed by atoms with E-state index in [1.165, 1.54) is 23.9 Å². The van der Waals surface area contributed by atoms with Crippen LogP contribution in [0.15, 0.2) is 68.0 Å². The number of aromatic hydroxyl groups is 1. The van der Waals surface area contributed by atoms with Gasteiger partial charge in [0.05, 0.1) is 16.3 Å². The number of para-hydroxylation sites is 1. The number of unbranched alkanes of at least 4 members (excludes halogenated alkanes) is 1. The lowest BCUT2D eigenvalue weighted by atomic mass is 10.0. The van der Waals surface area contributed by atoms with Crippen molar-refractivity contribution in [2.24, 2.45) is 4.99 Å². The lowest BCUT2D eigenvalue weighted by Gasteiger charge is -2.17. The second kappa shape index (κ2) is 9.45. The van der Waals surface area contributed by atoms with Crippen molar-refractivity contribution in [3.8, 4) is 5.88 Å². The van der Waals surface area contributed by atoms with Gasteiger partial charge in [0, 0.05) is 35.2 Å². The number of benzene rings is 2. The van der Waals surface area contributed by atoms with E-state index < -0.39 is 22.1 Å². The highest BCUT2D eigenvalue weighted by molar-refractivity contribution is 7.99. The van der Waals surface area contributed by atoms with Crippen LogP contribution in [-0.2, 0) is 6.54 Å². The van der Waals surface area contributed by atoms with Crippen LogP contribution in [0.25, 0.3) is 0 Å². The second-order valence-electron chi connectivity index (χ2n) is 7.65. The number of aromatic nitrogens is 2. The predicted molar refractivity (Wildman–Crippen MR) is 127 cm³/mol. The van der Waals surface area contributed by atoms with Gasteiger partial charge in [-0.2, -0.15) is 0 Å². The Morgan fingerprint density at radius 3 is 2.79 bits per heavy atom. The summed E-state index contributed by atoms with van der Waals surface area (Å²) in [5.41, 5.74) is 0.161. The Bertz CT molecular complexity index is 1360. The highest BCUT2D eigenvalue weighted by Gasteiger charge is 2.28. The number of nitro benzene ring substituents is 1. The minimum Gasteiger partial charge on any atom is -0.494 e. The number of nitrogens with zero attached hydrogens (tertiary/aromatic N) is 3. The van der Waals surface area contributed by atoms with Crippen molar-refractivity contribution < 1.29 is 10.0 Å². The van der Waals surface area contributed by atoms with Crippen LogP contribution in [0.3, 0.4) is 0 Å². The highest BCUT2D eigenvalue weighted by Crippen LogP contribution is 2.46. The van der Waals surface area contributed by atoms with E-state index in [9.17, 15) is 24.8 Å². The Hall–Kier alpha value is -3.66. The molecule has 1 aliphatic rings. The van der Waals surface area contributed by atoms with Gasteiger partial charge in [0.1, 0.15) is 5.56 Å². The average molecular weight is 467 g/mol. The van der Waals surface area contributed by atoms with Crippen LogP contribution in [0, 0.1) is 10.1 Å². The molecule has 2 N–H and O–H groups in total. The van der Waals surface area contributed by atoms with E-state index in [4.69, 9.17) is 0 Å². The summed E-state index contributed by atoms with van der Waals surface area (Å²) in [6.07, 6.45) is 1.68. The number of H-pyrrole nitrogens is 1. The third-order valence-corrected chi connectivity index (χ3v) is 6.74. The molecule has 2 aromatic carbocycles. The van der Waals surface area contributed by atoms with Crippen LogP contribution in [0.4, 0.5) is 11.4 Å². The molecule has 1 unspecified atom stereocenters. The molecule has 0 bridgehead atoms. The smallest absolute Gasteiger partial charge is 0.331 e. The molecule has 9 nitrogen and oxygen atoms in total. The fourth-order valence-electron chi connectivity index (χ4n) is 3.74. The molecule has 0 amide bonds. The Morgan fingerprint density at radius 1 is 1.24 bits per heavy atom. The number of nitro groups is 1. The molecule has 10 heteroatoms. The number of aliphatic imine (C=N–C) groups is 1. The first-order valence-electron chi connectivity index (χ1n) is 10.5. The standard InChI is InChI=1S/C23H22N4O5S/c1-2-3-11-26-22(29)20(21(28)25-23(26)30)17-13-19(14-7-6-8-15(12-14)27(31)32)33-18-10-5-4-9-16(18)24-17/h4-10,12,19,29H,2-3,11,13H2,1H3,(H,25,28,30). The van der Waals surface area contributed by atoms with E-state index in [0.717, 1.165) is 15.9 Å². The van der Waals surface area contributed by atoms with Crippen molar-refractivity contribution in [1.29, 1.82) is 0 Å². The number of fused-ring (bicyclic) bond motifs is 1. The van der Waals surface area contributed by atoms with E-state index in [0.29, 0.717) is 23.4 Å². The Kier molecular flexibility index (Phi) is 6.45. The zero-order valence-electron chi connectivity index (χ0n) is 17.9. The largest absolute Gasteiger partial charge is 0.494 e. The summed E-state index contributed by atoms with van der Waals surface area (Å²) in [6, 6.07) is 13.7. The molecule has 0 radical (unpaired) electrons. The molecule has 1 aliphatic heterocycles. The first-order valence-corrected chi connectivity index (χ1v) is 11.4. The van der Waals surface area contributed by atoms with Crippen molar-refractivity contribution in [3.63, 3.8) is 0 Å². The van der Waals surface area contributed by atoms with Gasteiger partial charge in [-0.1, -0.05) is 37.6 Å². The maximum atomic E-state index is 12.8. The first kappa shape index (κ1) is 22.5. The van der Waals surface area contributed by atoms with Gasteiger partial charge >= 0.3 is 5.69 Å². The number of non-ortho nitro benzene ring substituents is 1. The summed E-state index contributed by atoms with van der Waals surface area (Å²) >= 11 is 1.48. The lowest BCUT2D eigenvalue weighted by molar-refractivity contribution is -0.384. The van der Waals surface area contributed by atoms with Crippen molar-refractivity contribution in [2.45, 2.75) is 42.9 Å². The van der Waals surface area contributed by atoms with Crippen molar-refractivity contribution in [2.75, 3.05) is 0 Å². The molecule has 1 aromatic heterocycles. The molecule has 3 aromatic rings. The summed E-state index contributed by atoms with van der Waals surface area (Å²) in [5.74, 6) is -0.418. The van der Waals surface area contributed by atoms with E-state index >= 15 is 0 Å². The third-order valence-electron chi connectivity index (χ3n) is 5.42. The van der Waals surface area contributed by atoms with E-state index in [1.807, 2.05) is 25.1 Å². The molecular formula is C23H22N4O5S. The minimum atomic E-state index is -0.717. The van der Waals surface area contributed by atoms with Crippen molar-refractivity contribution in [1.82, 2.24) is 9.55 Å². The number of thioether (sulfide) groups is 1. The molecular weight excluding hydrogens is 444 g/mol. The van der Waals surface area contributed by atoms with Gasteiger partial charge in [-0.25, -0.2) is 4.79 Å². The Balaban J connectivity index is 1.87. The van der Waals surface area contributed by atoms with E-state index in [1.54, 1.807) is 18.2 Å². The molecule has 2 heterocycles. The molecule has 0 spiro atoms. The zero-order chi connectivity index (χ0) is 23.5. The van der Waals surface area contributed by atoms with Gasteiger partial charge in [-0.15, -0.1) is 11.8 Å². The van der Waals surface area contributed by atoms with Crippen LogP contribution in [0.2, 0.25) is 0 Å². The summed E-state index contributed by atoms with van der Waals surface area (Å²) in [4.78, 5) is 43.8. The molecule has 0 aliphatic carbocycles. The Labute approximate surface area is 193 Å². The van der Waals surface area contributed by atoms with Crippen molar-refractivity contribution >= 4 is 28.8 Å². The number of aromatic amines is 1. The topological polar surface area (TPSA) is 131 Å². The molecule has 170 valence electrons. The number of hydrogen-bond acceptors (Lipinski definition) is 7.